The number of rotatable bonds is 6. The Labute approximate surface area is 179 Å². The number of hydrogen-bond donors (Lipinski definition) is 1. The van der Waals surface area contributed by atoms with Crippen molar-refractivity contribution in [3.63, 3.8) is 0 Å². The van der Waals surface area contributed by atoms with Crippen molar-refractivity contribution in [2.75, 3.05) is 0 Å². The van der Waals surface area contributed by atoms with Gasteiger partial charge in [0.15, 0.2) is 0 Å². The minimum atomic E-state index is -3.89. The highest BCUT2D eigenvalue weighted by Gasteiger charge is 2.22. The molecule has 152 valence electrons. The maximum atomic E-state index is 13.5. The summed E-state index contributed by atoms with van der Waals surface area (Å²) in [4.78, 5) is 11.1. The Kier molecular flexibility index (Phi) is 5.37. The van der Waals surface area contributed by atoms with E-state index in [4.69, 9.17) is 16.7 Å². The zero-order valence-electron chi connectivity index (χ0n) is 15.8. The van der Waals surface area contributed by atoms with Crippen molar-refractivity contribution in [3.05, 3.63) is 89.6 Å². The van der Waals surface area contributed by atoms with E-state index >= 15 is 0 Å². The van der Waals surface area contributed by atoms with Gasteiger partial charge in [0.05, 0.1) is 10.4 Å². The quantitative estimate of drug-likeness (QED) is 0.447. The third kappa shape index (κ3) is 3.84. The van der Waals surface area contributed by atoms with Crippen molar-refractivity contribution in [2.45, 2.75) is 17.7 Å². The number of fused-ring (bicyclic) bond motifs is 1. The van der Waals surface area contributed by atoms with Gasteiger partial charge in [-0.1, -0.05) is 54.1 Å². The Morgan fingerprint density at radius 3 is 2.37 bits per heavy atom. The molecular formula is C23H18ClNO4S. The highest BCUT2D eigenvalue weighted by Crippen LogP contribution is 2.29. The van der Waals surface area contributed by atoms with Crippen molar-refractivity contribution in [3.8, 4) is 11.1 Å². The van der Waals surface area contributed by atoms with Crippen molar-refractivity contribution in [1.29, 1.82) is 0 Å². The second kappa shape index (κ2) is 7.97. The first-order valence-electron chi connectivity index (χ1n) is 9.28. The van der Waals surface area contributed by atoms with Crippen molar-refractivity contribution in [1.82, 2.24) is 3.97 Å². The smallest absolute Gasteiger partial charge is 0.303 e. The largest absolute Gasteiger partial charge is 0.481 e. The average Bonchev–Trinajstić information content (AvgIpc) is 3.12. The average molecular weight is 440 g/mol. The molecule has 4 rings (SSSR count). The van der Waals surface area contributed by atoms with Crippen LogP contribution in [0.1, 0.15) is 12.0 Å². The summed E-state index contributed by atoms with van der Waals surface area (Å²) >= 11 is 6.08. The maximum Gasteiger partial charge on any atom is 0.303 e. The van der Waals surface area contributed by atoms with E-state index in [0.717, 1.165) is 16.5 Å². The molecular weight excluding hydrogens is 422 g/mol. The van der Waals surface area contributed by atoms with E-state index in [1.807, 2.05) is 24.3 Å². The standard InChI is InChI=1S/C23H18ClNO4S/c24-19-7-3-5-16(13-19)17-6-4-8-20(14-17)30(28,29)25-15-18(11-12-23(26)27)21-9-1-2-10-22(21)25/h1-10,13-15H,11-12H2,(H,26,27). The molecule has 30 heavy (non-hydrogen) atoms. The van der Waals surface area contributed by atoms with E-state index in [9.17, 15) is 13.2 Å². The number of carbonyl (C=O) groups is 1. The van der Waals surface area contributed by atoms with Gasteiger partial charge in [-0.25, -0.2) is 12.4 Å². The Balaban J connectivity index is 1.82. The lowest BCUT2D eigenvalue weighted by atomic mass is 10.1. The topological polar surface area (TPSA) is 76.4 Å². The van der Waals surface area contributed by atoms with Gasteiger partial charge in [0.2, 0.25) is 0 Å². The third-order valence-electron chi connectivity index (χ3n) is 4.92. The molecule has 5 nitrogen and oxygen atoms in total. The molecule has 0 atom stereocenters. The third-order valence-corrected chi connectivity index (χ3v) is 6.82. The summed E-state index contributed by atoms with van der Waals surface area (Å²) in [6.45, 7) is 0. The van der Waals surface area contributed by atoms with Gasteiger partial charge in [-0.05, 0) is 53.4 Å². The van der Waals surface area contributed by atoms with Gasteiger partial charge < -0.3 is 5.11 Å². The van der Waals surface area contributed by atoms with Gasteiger partial charge in [0.25, 0.3) is 10.0 Å². The summed E-state index contributed by atoms with van der Waals surface area (Å²) in [6, 6.07) is 21.0. The SMILES string of the molecule is O=C(O)CCc1cn(S(=O)(=O)c2cccc(-c3cccc(Cl)c3)c2)c2ccccc12. The number of carboxylic acid groups (broad SMARTS) is 1. The predicted molar refractivity (Wildman–Crippen MR) is 117 cm³/mol. The van der Waals surface area contributed by atoms with Gasteiger partial charge in [-0.2, -0.15) is 0 Å². The fourth-order valence-corrected chi connectivity index (χ4v) is 5.10. The Morgan fingerprint density at radius 1 is 0.933 bits per heavy atom. The Hall–Kier alpha value is -3.09. The first kappa shape index (κ1) is 20.2. The van der Waals surface area contributed by atoms with Gasteiger partial charge in [-0.3, -0.25) is 4.79 Å². The number of aliphatic carboxylic acids is 1. The van der Waals surface area contributed by atoms with Gasteiger partial charge >= 0.3 is 5.97 Å². The molecule has 0 bridgehead atoms. The number of aromatic nitrogens is 1. The zero-order chi connectivity index (χ0) is 21.3. The maximum absolute atomic E-state index is 13.5. The monoisotopic (exact) mass is 439 g/mol. The molecule has 0 aliphatic carbocycles. The second-order valence-electron chi connectivity index (χ2n) is 6.90. The second-order valence-corrected chi connectivity index (χ2v) is 9.16. The van der Waals surface area contributed by atoms with E-state index in [1.54, 1.807) is 48.5 Å². The number of benzene rings is 3. The summed E-state index contributed by atoms with van der Waals surface area (Å²) in [7, 11) is -3.89. The minimum Gasteiger partial charge on any atom is -0.481 e. The van der Waals surface area contributed by atoms with Crippen LogP contribution in [0.5, 0.6) is 0 Å². The van der Waals surface area contributed by atoms with Crippen LogP contribution in [0.3, 0.4) is 0 Å². The molecule has 0 aliphatic rings. The number of hydrogen-bond acceptors (Lipinski definition) is 3. The lowest BCUT2D eigenvalue weighted by Crippen LogP contribution is -2.12. The summed E-state index contributed by atoms with van der Waals surface area (Å²) < 4.78 is 28.2. The molecule has 0 saturated heterocycles. The fourth-order valence-electron chi connectivity index (χ4n) is 3.48. The molecule has 0 radical (unpaired) electrons. The van der Waals surface area contributed by atoms with Crippen LogP contribution < -0.4 is 0 Å². The van der Waals surface area contributed by atoms with Crippen LogP contribution in [0.4, 0.5) is 0 Å². The molecule has 4 aromatic rings. The molecule has 0 spiro atoms. The molecule has 1 aromatic heterocycles. The van der Waals surface area contributed by atoms with E-state index in [1.165, 1.54) is 10.2 Å². The van der Waals surface area contributed by atoms with E-state index in [2.05, 4.69) is 0 Å². The van der Waals surface area contributed by atoms with Crippen molar-refractivity contribution < 1.29 is 18.3 Å². The lowest BCUT2D eigenvalue weighted by Gasteiger charge is -2.10. The summed E-state index contributed by atoms with van der Waals surface area (Å²) in [6.07, 6.45) is 1.70. The number of para-hydroxylation sites is 1. The minimum absolute atomic E-state index is 0.0711. The van der Waals surface area contributed by atoms with Crippen LogP contribution in [0, 0.1) is 0 Å². The Morgan fingerprint density at radius 2 is 1.63 bits per heavy atom. The molecule has 1 N–H and O–H groups in total. The van der Waals surface area contributed by atoms with Gasteiger partial charge in [0, 0.05) is 23.0 Å². The number of carboxylic acids is 1. The number of nitrogens with zero attached hydrogens (tertiary/aromatic N) is 1. The van der Waals surface area contributed by atoms with E-state index in [-0.39, 0.29) is 17.7 Å². The summed E-state index contributed by atoms with van der Waals surface area (Å²) in [5.41, 5.74) is 2.76. The van der Waals surface area contributed by atoms with Crippen LogP contribution in [-0.4, -0.2) is 23.5 Å². The molecule has 7 heteroatoms. The van der Waals surface area contributed by atoms with E-state index < -0.39 is 16.0 Å². The van der Waals surface area contributed by atoms with Crippen LogP contribution in [0.25, 0.3) is 22.0 Å². The zero-order valence-corrected chi connectivity index (χ0v) is 17.4. The summed E-state index contributed by atoms with van der Waals surface area (Å²) in [5.74, 6) is -0.927. The molecule has 0 saturated carbocycles. The molecule has 0 unspecified atom stereocenters. The first-order chi connectivity index (χ1) is 14.4. The van der Waals surface area contributed by atoms with Crippen LogP contribution in [0.2, 0.25) is 5.02 Å². The molecule has 0 aliphatic heterocycles. The van der Waals surface area contributed by atoms with Gasteiger partial charge in [0.1, 0.15) is 0 Å². The molecule has 3 aromatic carbocycles. The number of halogens is 1. The molecule has 0 fully saturated rings. The van der Waals surface area contributed by atoms with Crippen LogP contribution >= 0.6 is 11.6 Å². The number of aryl methyl sites for hydroxylation is 1. The lowest BCUT2D eigenvalue weighted by molar-refractivity contribution is -0.136. The highest BCUT2D eigenvalue weighted by molar-refractivity contribution is 7.90. The summed E-state index contributed by atoms with van der Waals surface area (Å²) in [5, 5.41) is 10.3. The van der Waals surface area contributed by atoms with Crippen molar-refractivity contribution >= 4 is 38.5 Å². The highest BCUT2D eigenvalue weighted by atomic mass is 35.5. The molecule has 0 amide bonds. The van der Waals surface area contributed by atoms with Gasteiger partial charge in [-0.15, -0.1) is 0 Å². The Bertz CT molecular complexity index is 1360. The van der Waals surface area contributed by atoms with Crippen LogP contribution in [0.15, 0.2) is 83.9 Å². The first-order valence-corrected chi connectivity index (χ1v) is 11.1. The van der Waals surface area contributed by atoms with Crippen molar-refractivity contribution in [2.24, 2.45) is 0 Å². The normalized spacial score (nSPS) is 11.6. The fraction of sp³-hybridized carbons (Fsp3) is 0.0870. The van der Waals surface area contributed by atoms with E-state index in [0.29, 0.717) is 16.1 Å². The predicted octanol–water partition coefficient (Wildman–Crippen LogP) is 5.22. The molecule has 1 heterocycles. The van der Waals surface area contributed by atoms with Crippen LogP contribution in [-0.2, 0) is 21.2 Å².